The maximum absolute atomic E-state index is 11.6. The molecule has 0 bridgehead atoms. The Morgan fingerprint density at radius 1 is 1.42 bits per heavy atom. The minimum atomic E-state index is 0.00902. The van der Waals surface area contributed by atoms with E-state index < -0.39 is 0 Å². The third-order valence-electron chi connectivity index (χ3n) is 3.42. The molecule has 0 fully saturated rings. The van der Waals surface area contributed by atoms with Gasteiger partial charge in [0.2, 0.25) is 5.91 Å². The highest BCUT2D eigenvalue weighted by Gasteiger charge is 2.30. The van der Waals surface area contributed by atoms with Crippen LogP contribution in [-0.2, 0) is 9.59 Å². The number of ketones is 1. The zero-order valence-corrected chi connectivity index (χ0v) is 12.2. The van der Waals surface area contributed by atoms with E-state index in [2.05, 4.69) is 0 Å². The largest absolute Gasteiger partial charge is 0.312 e. The van der Waals surface area contributed by atoms with E-state index in [1.165, 1.54) is 0 Å². The van der Waals surface area contributed by atoms with E-state index in [9.17, 15) is 9.59 Å². The lowest BCUT2D eigenvalue weighted by Crippen LogP contribution is -2.27. The van der Waals surface area contributed by atoms with E-state index in [4.69, 9.17) is 23.2 Å². The minimum absolute atomic E-state index is 0.00902. The molecular weight excluding hydrogens is 285 g/mol. The number of alkyl halides is 1. The predicted molar refractivity (Wildman–Crippen MR) is 77.2 cm³/mol. The minimum Gasteiger partial charge on any atom is -0.312 e. The maximum atomic E-state index is 11.6. The average molecular weight is 300 g/mol. The molecule has 5 heteroatoms. The highest BCUT2D eigenvalue weighted by Crippen LogP contribution is 2.40. The Hall–Kier alpha value is -1.06. The molecule has 1 atom stereocenters. The smallest absolute Gasteiger partial charge is 0.223 e. The summed E-state index contributed by atoms with van der Waals surface area (Å²) in [5, 5.41) is 0.651. The van der Waals surface area contributed by atoms with E-state index in [1.807, 2.05) is 12.1 Å². The average Bonchev–Trinajstić information content (AvgIpc) is 2.74. The number of amides is 1. The van der Waals surface area contributed by atoms with Crippen LogP contribution in [0.4, 0.5) is 5.69 Å². The number of rotatable bonds is 4. The van der Waals surface area contributed by atoms with Crippen LogP contribution in [0.3, 0.4) is 0 Å². The van der Waals surface area contributed by atoms with Gasteiger partial charge in [0.15, 0.2) is 0 Å². The van der Waals surface area contributed by atoms with Gasteiger partial charge in [0.05, 0.1) is 5.88 Å². The fourth-order valence-electron chi connectivity index (χ4n) is 2.46. The maximum Gasteiger partial charge on any atom is 0.223 e. The third-order valence-corrected chi connectivity index (χ3v) is 3.96. The molecule has 0 N–H and O–H groups in total. The van der Waals surface area contributed by atoms with Gasteiger partial charge in [-0.15, -0.1) is 11.6 Å². The summed E-state index contributed by atoms with van der Waals surface area (Å²) in [6.45, 7) is 2.16. The monoisotopic (exact) mass is 299 g/mol. The number of nitrogens with zero attached hydrogens (tertiary/aromatic N) is 1. The van der Waals surface area contributed by atoms with Crippen LogP contribution < -0.4 is 4.90 Å². The van der Waals surface area contributed by atoms with Crippen molar-refractivity contribution in [3.8, 4) is 0 Å². The quantitative estimate of drug-likeness (QED) is 0.799. The van der Waals surface area contributed by atoms with Crippen molar-refractivity contribution >= 4 is 40.6 Å². The van der Waals surface area contributed by atoms with Gasteiger partial charge in [0, 0.05) is 36.5 Å². The van der Waals surface area contributed by atoms with Crippen molar-refractivity contribution in [2.24, 2.45) is 0 Å². The summed E-state index contributed by atoms with van der Waals surface area (Å²) in [6.07, 6.45) is 1.13. The molecule has 0 aliphatic carbocycles. The molecule has 2 rings (SSSR count). The number of carbonyl (C=O) groups excluding carboxylic acids is 2. The number of Topliss-reactive ketones (excluding diaryl/α,β-unsaturated/α-hetero) is 1. The van der Waals surface area contributed by atoms with Crippen molar-refractivity contribution in [3.05, 3.63) is 28.8 Å². The van der Waals surface area contributed by atoms with Crippen LogP contribution in [0.5, 0.6) is 0 Å². The zero-order chi connectivity index (χ0) is 14.0. The summed E-state index contributed by atoms with van der Waals surface area (Å²) in [6, 6.07) is 5.53. The first-order valence-corrected chi connectivity index (χ1v) is 7.09. The van der Waals surface area contributed by atoms with Gasteiger partial charge in [-0.3, -0.25) is 9.59 Å². The van der Waals surface area contributed by atoms with Gasteiger partial charge in [-0.05, 0) is 30.2 Å². The Bertz CT molecular complexity index is 516. The van der Waals surface area contributed by atoms with Crippen molar-refractivity contribution in [1.82, 2.24) is 0 Å². The number of benzene rings is 1. The molecular formula is C14H15Cl2NO2. The SMILES string of the molecule is CC(=O)N1CC(CCC(=O)CCl)c2cc(Cl)ccc21. The fraction of sp³-hybridized carbons (Fsp3) is 0.429. The molecule has 3 nitrogen and oxygen atoms in total. The van der Waals surface area contributed by atoms with E-state index >= 15 is 0 Å². The molecule has 0 saturated carbocycles. The van der Waals surface area contributed by atoms with Crippen molar-refractivity contribution in [2.75, 3.05) is 17.3 Å². The summed E-state index contributed by atoms with van der Waals surface area (Å²) < 4.78 is 0. The van der Waals surface area contributed by atoms with E-state index in [0.717, 1.165) is 11.3 Å². The van der Waals surface area contributed by atoms with Crippen molar-refractivity contribution in [3.63, 3.8) is 0 Å². The van der Waals surface area contributed by atoms with Crippen LogP contribution >= 0.6 is 23.2 Å². The normalized spacial score (nSPS) is 17.4. The van der Waals surface area contributed by atoms with E-state index in [-0.39, 0.29) is 23.5 Å². The lowest BCUT2D eigenvalue weighted by Gasteiger charge is -2.15. The second kappa shape index (κ2) is 5.93. The van der Waals surface area contributed by atoms with Crippen LogP contribution in [0.1, 0.15) is 31.2 Å². The third kappa shape index (κ3) is 3.10. The molecule has 0 radical (unpaired) electrons. The second-order valence-corrected chi connectivity index (χ2v) is 5.44. The van der Waals surface area contributed by atoms with E-state index in [0.29, 0.717) is 24.4 Å². The topological polar surface area (TPSA) is 37.4 Å². The molecule has 0 spiro atoms. The molecule has 1 unspecified atom stereocenters. The van der Waals surface area contributed by atoms with Gasteiger partial charge in [-0.25, -0.2) is 0 Å². The van der Waals surface area contributed by atoms with Crippen LogP contribution in [0, 0.1) is 0 Å². The van der Waals surface area contributed by atoms with Gasteiger partial charge in [0.1, 0.15) is 5.78 Å². The van der Waals surface area contributed by atoms with Gasteiger partial charge in [-0.2, -0.15) is 0 Å². The Morgan fingerprint density at radius 3 is 2.79 bits per heavy atom. The van der Waals surface area contributed by atoms with Crippen LogP contribution in [-0.4, -0.2) is 24.1 Å². The molecule has 1 aliphatic rings. The molecule has 19 heavy (non-hydrogen) atoms. The van der Waals surface area contributed by atoms with Crippen LogP contribution in [0.25, 0.3) is 0 Å². The van der Waals surface area contributed by atoms with Crippen molar-refractivity contribution in [2.45, 2.75) is 25.7 Å². The predicted octanol–water partition coefficient (Wildman–Crippen LogP) is 3.38. The van der Waals surface area contributed by atoms with Gasteiger partial charge < -0.3 is 4.90 Å². The summed E-state index contributed by atoms with van der Waals surface area (Å²) in [7, 11) is 0. The highest BCUT2D eigenvalue weighted by molar-refractivity contribution is 6.30. The lowest BCUT2D eigenvalue weighted by molar-refractivity contribution is -0.117. The van der Waals surface area contributed by atoms with Crippen LogP contribution in [0.15, 0.2) is 18.2 Å². The number of halogens is 2. The summed E-state index contributed by atoms with van der Waals surface area (Å²) in [5.74, 6) is 0.247. The molecule has 1 aromatic rings. The first-order chi connectivity index (χ1) is 9.02. The molecule has 1 aliphatic heterocycles. The van der Waals surface area contributed by atoms with Crippen LogP contribution in [0.2, 0.25) is 5.02 Å². The Morgan fingerprint density at radius 2 is 2.16 bits per heavy atom. The van der Waals surface area contributed by atoms with E-state index in [1.54, 1.807) is 17.9 Å². The Labute approximate surface area is 122 Å². The second-order valence-electron chi connectivity index (χ2n) is 4.74. The zero-order valence-electron chi connectivity index (χ0n) is 10.7. The van der Waals surface area contributed by atoms with Gasteiger partial charge in [0.25, 0.3) is 0 Å². The molecule has 0 aromatic heterocycles. The molecule has 102 valence electrons. The van der Waals surface area contributed by atoms with Crippen molar-refractivity contribution in [1.29, 1.82) is 0 Å². The molecule has 1 amide bonds. The number of hydrogen-bond donors (Lipinski definition) is 0. The summed E-state index contributed by atoms with van der Waals surface area (Å²) in [5.41, 5.74) is 1.95. The van der Waals surface area contributed by atoms with Crippen molar-refractivity contribution < 1.29 is 9.59 Å². The molecule has 0 saturated heterocycles. The number of fused-ring (bicyclic) bond motifs is 1. The number of anilines is 1. The Kier molecular flexibility index (Phi) is 4.48. The first-order valence-electron chi connectivity index (χ1n) is 6.18. The fourth-order valence-corrected chi connectivity index (χ4v) is 2.78. The number of carbonyl (C=O) groups is 2. The summed E-state index contributed by atoms with van der Waals surface area (Å²) in [4.78, 5) is 24.7. The molecule has 1 aromatic carbocycles. The van der Waals surface area contributed by atoms with Gasteiger partial charge in [-0.1, -0.05) is 11.6 Å². The van der Waals surface area contributed by atoms with Gasteiger partial charge >= 0.3 is 0 Å². The first kappa shape index (κ1) is 14.4. The Balaban J connectivity index is 2.22. The summed E-state index contributed by atoms with van der Waals surface area (Å²) >= 11 is 11.5. The number of hydrogen-bond acceptors (Lipinski definition) is 2. The highest BCUT2D eigenvalue weighted by atomic mass is 35.5. The standard InChI is InChI=1S/C14H15Cl2NO2/c1-9(18)17-8-10(2-4-12(19)7-15)13-6-11(16)3-5-14(13)17/h3,5-6,10H,2,4,7-8H2,1H3. The molecule has 1 heterocycles. The lowest BCUT2D eigenvalue weighted by atomic mass is 9.95.